The summed E-state index contributed by atoms with van der Waals surface area (Å²) in [6, 6.07) is 3.61. The molecule has 0 bridgehead atoms. The van der Waals surface area contributed by atoms with Crippen LogP contribution in [0.1, 0.15) is 37.0 Å². The first kappa shape index (κ1) is 20.0. The third-order valence-electron chi connectivity index (χ3n) is 3.14. The number of nitrogens with two attached hydrogens (primary N) is 1. The van der Waals surface area contributed by atoms with Gasteiger partial charge in [0.25, 0.3) is 5.91 Å². The van der Waals surface area contributed by atoms with E-state index in [0.29, 0.717) is 12.1 Å². The molecular formula is C14H24Cl2N4O. The predicted molar refractivity (Wildman–Crippen MR) is 90.8 cm³/mol. The van der Waals surface area contributed by atoms with E-state index in [0.717, 1.165) is 31.7 Å². The molecule has 0 aliphatic carbocycles. The molecule has 2 rings (SSSR count). The Labute approximate surface area is 138 Å². The third-order valence-corrected chi connectivity index (χ3v) is 3.14. The number of aromatic nitrogens is 1. The molecule has 0 atom stereocenters. The molecule has 3 N–H and O–H groups in total. The zero-order chi connectivity index (χ0) is 13.9. The number of halogens is 2. The van der Waals surface area contributed by atoms with Gasteiger partial charge in [-0.25, -0.2) is 4.98 Å². The summed E-state index contributed by atoms with van der Waals surface area (Å²) < 4.78 is 0. The van der Waals surface area contributed by atoms with Gasteiger partial charge in [-0.1, -0.05) is 0 Å². The van der Waals surface area contributed by atoms with Gasteiger partial charge in [-0.15, -0.1) is 24.8 Å². The zero-order valence-corrected chi connectivity index (χ0v) is 14.1. The minimum atomic E-state index is -0.411. The standard InChI is InChI=1S/C14H22N4O.2ClH/c1-14(2,15)10-17-13(19)11-6-5-7-16-12(11)18-8-3-4-9-18;;/h5-7H,3-4,8-10,15H2,1-2H3,(H,17,19);2*1H. The van der Waals surface area contributed by atoms with E-state index in [9.17, 15) is 4.79 Å². The lowest BCUT2D eigenvalue weighted by Gasteiger charge is -2.22. The monoisotopic (exact) mass is 334 g/mol. The normalized spacial score (nSPS) is 14.1. The molecule has 0 aromatic carbocycles. The second-order valence-corrected chi connectivity index (χ2v) is 5.74. The number of rotatable bonds is 4. The Balaban J connectivity index is 0.00000200. The molecule has 0 spiro atoms. The topological polar surface area (TPSA) is 71.2 Å². The molecule has 2 heterocycles. The fourth-order valence-electron chi connectivity index (χ4n) is 2.16. The summed E-state index contributed by atoms with van der Waals surface area (Å²) in [6.07, 6.45) is 4.05. The zero-order valence-electron chi connectivity index (χ0n) is 12.5. The van der Waals surface area contributed by atoms with Crippen LogP contribution in [0.15, 0.2) is 18.3 Å². The van der Waals surface area contributed by atoms with Gasteiger partial charge in [-0.2, -0.15) is 0 Å². The molecule has 21 heavy (non-hydrogen) atoms. The van der Waals surface area contributed by atoms with Gasteiger partial charge in [0, 0.05) is 31.4 Å². The largest absolute Gasteiger partial charge is 0.356 e. The molecular weight excluding hydrogens is 311 g/mol. The summed E-state index contributed by atoms with van der Waals surface area (Å²) in [5, 5.41) is 2.87. The van der Waals surface area contributed by atoms with Crippen molar-refractivity contribution in [3.05, 3.63) is 23.9 Å². The minimum Gasteiger partial charge on any atom is -0.356 e. The van der Waals surface area contributed by atoms with E-state index in [2.05, 4.69) is 15.2 Å². The van der Waals surface area contributed by atoms with E-state index in [4.69, 9.17) is 5.73 Å². The Hall–Kier alpha value is -1.04. The van der Waals surface area contributed by atoms with Crippen LogP contribution in [-0.2, 0) is 0 Å². The highest BCUT2D eigenvalue weighted by atomic mass is 35.5. The molecule has 0 saturated carbocycles. The van der Waals surface area contributed by atoms with Gasteiger partial charge in [0.1, 0.15) is 5.82 Å². The number of carbonyl (C=O) groups is 1. The van der Waals surface area contributed by atoms with Crippen molar-refractivity contribution in [3.8, 4) is 0 Å². The van der Waals surface area contributed by atoms with Crippen molar-refractivity contribution in [2.24, 2.45) is 5.73 Å². The van der Waals surface area contributed by atoms with E-state index in [-0.39, 0.29) is 30.7 Å². The van der Waals surface area contributed by atoms with Gasteiger partial charge < -0.3 is 16.0 Å². The summed E-state index contributed by atoms with van der Waals surface area (Å²) in [7, 11) is 0. The number of pyridine rings is 1. The minimum absolute atomic E-state index is 0. The van der Waals surface area contributed by atoms with Crippen molar-refractivity contribution in [2.75, 3.05) is 24.5 Å². The fourth-order valence-corrected chi connectivity index (χ4v) is 2.16. The van der Waals surface area contributed by atoms with Crippen LogP contribution in [0.3, 0.4) is 0 Å². The second-order valence-electron chi connectivity index (χ2n) is 5.74. The molecule has 0 radical (unpaired) electrons. The number of nitrogens with one attached hydrogen (secondary N) is 1. The lowest BCUT2D eigenvalue weighted by Crippen LogP contribution is -2.45. The Kier molecular flexibility index (Phi) is 8.00. The third kappa shape index (κ3) is 5.69. The quantitative estimate of drug-likeness (QED) is 0.883. The van der Waals surface area contributed by atoms with Crippen molar-refractivity contribution in [2.45, 2.75) is 32.2 Å². The number of amides is 1. The summed E-state index contributed by atoms with van der Waals surface area (Å²) >= 11 is 0. The maximum Gasteiger partial charge on any atom is 0.255 e. The van der Waals surface area contributed by atoms with Gasteiger partial charge in [-0.05, 0) is 38.8 Å². The van der Waals surface area contributed by atoms with E-state index in [1.165, 1.54) is 0 Å². The van der Waals surface area contributed by atoms with E-state index in [1.54, 1.807) is 12.3 Å². The highest BCUT2D eigenvalue weighted by molar-refractivity contribution is 5.98. The smallest absolute Gasteiger partial charge is 0.255 e. The summed E-state index contributed by atoms with van der Waals surface area (Å²) in [5.74, 6) is 0.681. The number of nitrogens with zero attached hydrogens (tertiary/aromatic N) is 2. The van der Waals surface area contributed by atoms with Crippen LogP contribution in [0.4, 0.5) is 5.82 Å². The van der Waals surface area contributed by atoms with Crippen molar-refractivity contribution in [3.63, 3.8) is 0 Å². The summed E-state index contributed by atoms with van der Waals surface area (Å²) in [4.78, 5) is 18.8. The lowest BCUT2D eigenvalue weighted by molar-refractivity contribution is 0.0946. The molecule has 1 aliphatic heterocycles. The van der Waals surface area contributed by atoms with Gasteiger partial charge in [0.05, 0.1) is 5.56 Å². The molecule has 0 unspecified atom stereocenters. The Morgan fingerprint density at radius 1 is 1.38 bits per heavy atom. The number of hydrogen-bond donors (Lipinski definition) is 2. The summed E-state index contributed by atoms with van der Waals surface area (Å²) in [5.41, 5.74) is 6.10. The first-order chi connectivity index (χ1) is 8.97. The fraction of sp³-hybridized carbons (Fsp3) is 0.571. The van der Waals surface area contributed by atoms with Crippen LogP contribution in [0, 0.1) is 0 Å². The Morgan fingerprint density at radius 3 is 2.57 bits per heavy atom. The maximum atomic E-state index is 12.2. The molecule has 1 amide bonds. The number of hydrogen-bond acceptors (Lipinski definition) is 4. The first-order valence-corrected chi connectivity index (χ1v) is 6.74. The second kappa shape index (κ2) is 8.41. The van der Waals surface area contributed by atoms with Crippen molar-refractivity contribution in [1.29, 1.82) is 0 Å². The van der Waals surface area contributed by atoms with Crippen molar-refractivity contribution >= 4 is 36.5 Å². The van der Waals surface area contributed by atoms with Gasteiger partial charge in [0.15, 0.2) is 0 Å². The highest BCUT2D eigenvalue weighted by Gasteiger charge is 2.21. The molecule has 1 aromatic heterocycles. The average Bonchev–Trinajstić information content (AvgIpc) is 2.89. The molecule has 1 aromatic rings. The molecule has 120 valence electrons. The molecule has 7 heteroatoms. The van der Waals surface area contributed by atoms with Gasteiger partial charge >= 0.3 is 0 Å². The first-order valence-electron chi connectivity index (χ1n) is 6.74. The van der Waals surface area contributed by atoms with Crippen LogP contribution in [0.2, 0.25) is 0 Å². The van der Waals surface area contributed by atoms with Crippen LogP contribution in [-0.4, -0.2) is 36.1 Å². The Bertz CT molecular complexity index is 457. The number of anilines is 1. The maximum absolute atomic E-state index is 12.2. The average molecular weight is 335 g/mol. The van der Waals surface area contributed by atoms with E-state index < -0.39 is 5.54 Å². The lowest BCUT2D eigenvalue weighted by atomic mass is 10.1. The van der Waals surface area contributed by atoms with Crippen molar-refractivity contribution in [1.82, 2.24) is 10.3 Å². The molecule has 5 nitrogen and oxygen atoms in total. The van der Waals surface area contributed by atoms with Gasteiger partial charge in [0.2, 0.25) is 0 Å². The number of carbonyl (C=O) groups excluding carboxylic acids is 1. The Morgan fingerprint density at radius 2 is 2.00 bits per heavy atom. The molecule has 1 aliphatic rings. The summed E-state index contributed by atoms with van der Waals surface area (Å²) in [6.45, 7) is 6.16. The molecule has 1 fully saturated rings. The van der Waals surface area contributed by atoms with Crippen LogP contribution in [0.25, 0.3) is 0 Å². The van der Waals surface area contributed by atoms with Crippen LogP contribution < -0.4 is 16.0 Å². The van der Waals surface area contributed by atoms with Crippen molar-refractivity contribution < 1.29 is 4.79 Å². The van der Waals surface area contributed by atoms with Crippen LogP contribution >= 0.6 is 24.8 Å². The predicted octanol–water partition coefficient (Wildman–Crippen LogP) is 1.99. The van der Waals surface area contributed by atoms with E-state index in [1.807, 2.05) is 19.9 Å². The highest BCUT2D eigenvalue weighted by Crippen LogP contribution is 2.21. The van der Waals surface area contributed by atoms with Crippen LogP contribution in [0.5, 0.6) is 0 Å². The van der Waals surface area contributed by atoms with Gasteiger partial charge in [-0.3, -0.25) is 4.79 Å². The SMILES string of the molecule is CC(C)(N)CNC(=O)c1cccnc1N1CCCC1.Cl.Cl. The van der Waals surface area contributed by atoms with E-state index >= 15 is 0 Å². The molecule has 1 saturated heterocycles.